The number of anilines is 1. The van der Waals surface area contributed by atoms with Gasteiger partial charge in [0, 0.05) is 0 Å². The van der Waals surface area contributed by atoms with E-state index in [1.807, 2.05) is 6.92 Å². The van der Waals surface area contributed by atoms with Gasteiger partial charge in [-0.3, -0.25) is 4.79 Å². The van der Waals surface area contributed by atoms with Crippen LogP contribution < -0.4 is 5.32 Å². The molecule has 2 heterocycles. The van der Waals surface area contributed by atoms with Crippen molar-refractivity contribution in [2.75, 3.05) is 5.32 Å². The Morgan fingerprint density at radius 3 is 2.94 bits per heavy atom. The Morgan fingerprint density at radius 1 is 1.44 bits per heavy atom. The molecule has 2 aromatic heterocycles. The molecular formula is C10H10ClN5OS. The van der Waals surface area contributed by atoms with Gasteiger partial charge in [-0.1, -0.05) is 29.4 Å². The fourth-order valence-corrected chi connectivity index (χ4v) is 2.03. The number of aryl methyl sites for hydroxylation is 1. The number of aromatic nitrogens is 4. The fourth-order valence-electron chi connectivity index (χ4n) is 1.33. The number of carbonyl (C=O) groups excluding carboxylic acids is 1. The van der Waals surface area contributed by atoms with E-state index in [1.54, 1.807) is 0 Å². The molecule has 0 saturated heterocycles. The fraction of sp³-hybridized carbons (Fsp3) is 0.300. The summed E-state index contributed by atoms with van der Waals surface area (Å²) in [5, 5.41) is 6.84. The van der Waals surface area contributed by atoms with Gasteiger partial charge in [-0.05, 0) is 18.0 Å². The lowest BCUT2D eigenvalue weighted by Crippen LogP contribution is -2.13. The number of rotatable bonds is 4. The molecule has 0 aliphatic carbocycles. The van der Waals surface area contributed by atoms with Crippen LogP contribution in [0, 0.1) is 0 Å². The lowest BCUT2D eigenvalue weighted by Gasteiger charge is -2.02. The Kier molecular flexibility index (Phi) is 4.16. The van der Waals surface area contributed by atoms with Crippen molar-refractivity contribution in [1.82, 2.24) is 19.6 Å². The summed E-state index contributed by atoms with van der Waals surface area (Å²) in [6, 6.07) is 0. The zero-order chi connectivity index (χ0) is 13.0. The molecule has 0 unspecified atom stereocenters. The van der Waals surface area contributed by atoms with Crippen molar-refractivity contribution in [3.63, 3.8) is 0 Å². The Labute approximate surface area is 113 Å². The highest BCUT2D eigenvalue weighted by Crippen LogP contribution is 2.14. The van der Waals surface area contributed by atoms with E-state index in [1.165, 1.54) is 12.4 Å². The van der Waals surface area contributed by atoms with Crippen molar-refractivity contribution in [3.8, 4) is 0 Å². The first kappa shape index (κ1) is 12.8. The summed E-state index contributed by atoms with van der Waals surface area (Å²) >= 11 is 6.68. The molecule has 0 fully saturated rings. The number of hydrogen-bond donors (Lipinski definition) is 1. The van der Waals surface area contributed by atoms with Crippen LogP contribution in [0.25, 0.3) is 0 Å². The second kappa shape index (κ2) is 5.83. The molecule has 6 nitrogen and oxygen atoms in total. The second-order valence-corrected chi connectivity index (χ2v) is 4.62. The van der Waals surface area contributed by atoms with Crippen molar-refractivity contribution in [1.29, 1.82) is 0 Å². The van der Waals surface area contributed by atoms with Crippen LogP contribution in [-0.4, -0.2) is 25.5 Å². The second-order valence-electron chi connectivity index (χ2n) is 3.48. The Morgan fingerprint density at radius 2 is 2.28 bits per heavy atom. The Balaban J connectivity index is 2.11. The summed E-state index contributed by atoms with van der Waals surface area (Å²) in [4.78, 5) is 20.3. The molecule has 1 amide bonds. The smallest absolute Gasteiger partial charge is 0.270 e. The highest BCUT2D eigenvalue weighted by atomic mass is 35.5. The van der Waals surface area contributed by atoms with Crippen LogP contribution in [0.2, 0.25) is 5.15 Å². The third kappa shape index (κ3) is 2.99. The lowest BCUT2D eigenvalue weighted by atomic mass is 10.2. The summed E-state index contributed by atoms with van der Waals surface area (Å²) in [6.07, 6.45) is 4.40. The summed E-state index contributed by atoms with van der Waals surface area (Å²) in [7, 11) is 0. The molecule has 18 heavy (non-hydrogen) atoms. The maximum absolute atomic E-state index is 12.0. The van der Waals surface area contributed by atoms with E-state index in [2.05, 4.69) is 24.9 Å². The summed E-state index contributed by atoms with van der Waals surface area (Å²) in [5.74, 6) is 0.0744. The maximum atomic E-state index is 12.0. The lowest BCUT2D eigenvalue weighted by molar-refractivity contribution is 0.102. The highest BCUT2D eigenvalue weighted by Gasteiger charge is 2.16. The average Bonchev–Trinajstić information content (AvgIpc) is 2.81. The van der Waals surface area contributed by atoms with E-state index in [4.69, 9.17) is 11.6 Å². The molecule has 0 spiro atoms. The van der Waals surface area contributed by atoms with Crippen LogP contribution in [0.3, 0.4) is 0 Å². The quantitative estimate of drug-likeness (QED) is 0.930. The molecule has 0 bridgehead atoms. The zero-order valence-corrected chi connectivity index (χ0v) is 11.1. The molecule has 0 aliphatic heterocycles. The van der Waals surface area contributed by atoms with Crippen molar-refractivity contribution in [3.05, 3.63) is 28.1 Å². The molecule has 0 aliphatic rings. The van der Waals surface area contributed by atoms with Crippen molar-refractivity contribution in [2.24, 2.45) is 0 Å². The maximum Gasteiger partial charge on any atom is 0.270 e. The molecule has 8 heteroatoms. The number of amides is 1. The largest absolute Gasteiger partial charge is 0.304 e. The van der Waals surface area contributed by atoms with E-state index in [0.29, 0.717) is 16.4 Å². The van der Waals surface area contributed by atoms with Crippen LogP contribution >= 0.6 is 23.1 Å². The number of nitrogens with zero attached hydrogens (tertiary/aromatic N) is 4. The molecular weight excluding hydrogens is 274 g/mol. The number of nitrogens with one attached hydrogen (secondary N) is 1. The van der Waals surface area contributed by atoms with Crippen LogP contribution in [0.5, 0.6) is 0 Å². The summed E-state index contributed by atoms with van der Waals surface area (Å²) in [6.45, 7) is 2.02. The highest BCUT2D eigenvalue weighted by molar-refractivity contribution is 7.08. The van der Waals surface area contributed by atoms with E-state index in [-0.39, 0.29) is 11.1 Å². The van der Waals surface area contributed by atoms with Gasteiger partial charge in [0.15, 0.2) is 5.82 Å². The zero-order valence-electron chi connectivity index (χ0n) is 9.55. The average molecular weight is 284 g/mol. The molecule has 0 radical (unpaired) electrons. The summed E-state index contributed by atoms with van der Waals surface area (Å²) in [5.41, 5.74) is 0.710. The molecule has 0 atom stereocenters. The van der Waals surface area contributed by atoms with Gasteiger partial charge < -0.3 is 5.32 Å². The standard InChI is InChI=1S/C10H10ClN5OS/c1-2-3-6-9(18-16-15-6)10(17)14-8-5-12-7(11)4-13-8/h4-5H,2-3H2,1H3,(H,13,14,17). The minimum Gasteiger partial charge on any atom is -0.304 e. The first-order valence-corrected chi connectivity index (χ1v) is 6.46. The van der Waals surface area contributed by atoms with Crippen LogP contribution in [0.4, 0.5) is 5.82 Å². The van der Waals surface area contributed by atoms with Crippen molar-refractivity contribution >= 4 is 34.9 Å². The topological polar surface area (TPSA) is 80.7 Å². The van der Waals surface area contributed by atoms with Crippen LogP contribution in [-0.2, 0) is 6.42 Å². The van der Waals surface area contributed by atoms with Gasteiger partial charge in [-0.2, -0.15) is 0 Å². The number of carbonyl (C=O) groups is 1. The Hall–Kier alpha value is -1.60. The molecule has 2 aromatic rings. The molecule has 0 aromatic carbocycles. The van der Waals surface area contributed by atoms with Gasteiger partial charge in [-0.15, -0.1) is 5.10 Å². The van der Waals surface area contributed by atoms with Gasteiger partial charge in [0.05, 0.1) is 18.1 Å². The van der Waals surface area contributed by atoms with E-state index < -0.39 is 0 Å². The molecule has 94 valence electrons. The minimum atomic E-state index is -0.273. The van der Waals surface area contributed by atoms with Crippen LogP contribution in [0.1, 0.15) is 28.7 Å². The third-order valence-electron chi connectivity index (χ3n) is 2.11. The minimum absolute atomic E-state index is 0.273. The number of hydrogen-bond acceptors (Lipinski definition) is 6. The SMILES string of the molecule is CCCc1nnsc1C(=O)Nc1cnc(Cl)cn1. The number of halogens is 1. The van der Waals surface area contributed by atoms with E-state index in [9.17, 15) is 4.79 Å². The third-order valence-corrected chi connectivity index (χ3v) is 3.07. The van der Waals surface area contributed by atoms with Crippen molar-refractivity contribution in [2.45, 2.75) is 19.8 Å². The first-order valence-electron chi connectivity index (χ1n) is 5.31. The molecule has 1 N–H and O–H groups in total. The predicted molar refractivity (Wildman–Crippen MR) is 68.9 cm³/mol. The van der Waals surface area contributed by atoms with Gasteiger partial charge in [0.1, 0.15) is 10.0 Å². The van der Waals surface area contributed by atoms with E-state index in [0.717, 1.165) is 24.4 Å². The Bertz CT molecular complexity index is 541. The summed E-state index contributed by atoms with van der Waals surface area (Å²) < 4.78 is 3.79. The van der Waals surface area contributed by atoms with Crippen LogP contribution in [0.15, 0.2) is 12.4 Å². The van der Waals surface area contributed by atoms with Gasteiger partial charge >= 0.3 is 0 Å². The van der Waals surface area contributed by atoms with Gasteiger partial charge in [-0.25, -0.2) is 9.97 Å². The molecule has 2 rings (SSSR count). The van der Waals surface area contributed by atoms with Crippen molar-refractivity contribution < 1.29 is 4.79 Å². The predicted octanol–water partition coefficient (Wildman–Crippen LogP) is 2.19. The monoisotopic (exact) mass is 283 g/mol. The first-order chi connectivity index (χ1) is 8.70. The molecule has 0 saturated carbocycles. The van der Waals surface area contributed by atoms with Gasteiger partial charge in [0.2, 0.25) is 0 Å². The van der Waals surface area contributed by atoms with Gasteiger partial charge in [0.25, 0.3) is 5.91 Å². The van der Waals surface area contributed by atoms with E-state index >= 15 is 0 Å². The normalized spacial score (nSPS) is 10.3.